The number of piperazine rings is 1. The van der Waals surface area contributed by atoms with Gasteiger partial charge in [-0.1, -0.05) is 6.07 Å². The van der Waals surface area contributed by atoms with Crippen LogP contribution in [-0.4, -0.2) is 52.5 Å². The lowest BCUT2D eigenvalue weighted by Crippen LogP contribution is -2.47. The highest BCUT2D eigenvalue weighted by Crippen LogP contribution is 2.29. The summed E-state index contributed by atoms with van der Waals surface area (Å²) in [5, 5.41) is 11.3. The average Bonchev–Trinajstić information content (AvgIpc) is 3.27. The Morgan fingerprint density at radius 3 is 2.32 bits per heavy atom. The van der Waals surface area contributed by atoms with E-state index in [9.17, 15) is 0 Å². The zero-order chi connectivity index (χ0) is 21.2. The number of aromatic nitrogens is 4. The minimum atomic E-state index is 0.667. The zero-order valence-electron chi connectivity index (χ0n) is 17.9. The molecule has 0 saturated carbocycles. The lowest BCUT2D eigenvalue weighted by atomic mass is 10.2. The Morgan fingerprint density at radius 1 is 0.871 bits per heavy atom. The summed E-state index contributed by atoms with van der Waals surface area (Å²) >= 11 is 0. The Hall–Kier alpha value is -3.61. The Morgan fingerprint density at radius 2 is 1.61 bits per heavy atom. The van der Waals surface area contributed by atoms with Crippen molar-refractivity contribution in [3.63, 3.8) is 0 Å². The minimum absolute atomic E-state index is 0.667. The fourth-order valence-electron chi connectivity index (χ4n) is 4.10. The van der Waals surface area contributed by atoms with Crippen molar-refractivity contribution in [1.29, 1.82) is 0 Å². The molecular weight excluding hydrogens is 388 g/mol. The molecule has 0 spiro atoms. The molecule has 7 nitrogen and oxygen atoms in total. The SMILES string of the molecule is CCOc1ccc(-n2cc3c(C)nnc(N4CCN(c5ccccn5)CC4)c3c2)cc1. The van der Waals surface area contributed by atoms with E-state index in [-0.39, 0.29) is 0 Å². The Bertz CT molecular complexity index is 1160. The third-order valence-electron chi connectivity index (χ3n) is 5.75. The summed E-state index contributed by atoms with van der Waals surface area (Å²) in [4.78, 5) is 9.13. The first-order valence-corrected chi connectivity index (χ1v) is 10.7. The molecule has 158 valence electrons. The van der Waals surface area contributed by atoms with Gasteiger partial charge < -0.3 is 19.1 Å². The second-order valence-corrected chi connectivity index (χ2v) is 7.69. The van der Waals surface area contributed by atoms with Crippen LogP contribution in [0.5, 0.6) is 5.75 Å². The van der Waals surface area contributed by atoms with Crippen LogP contribution >= 0.6 is 0 Å². The van der Waals surface area contributed by atoms with Gasteiger partial charge in [0.1, 0.15) is 11.6 Å². The summed E-state index contributed by atoms with van der Waals surface area (Å²) in [6.07, 6.45) is 6.15. The highest BCUT2D eigenvalue weighted by Gasteiger charge is 2.22. The van der Waals surface area contributed by atoms with E-state index in [1.165, 1.54) is 0 Å². The van der Waals surface area contributed by atoms with Crippen molar-refractivity contribution in [3.05, 3.63) is 66.7 Å². The summed E-state index contributed by atoms with van der Waals surface area (Å²) in [5.74, 6) is 2.86. The molecule has 0 bridgehead atoms. The number of hydrogen-bond donors (Lipinski definition) is 0. The molecule has 4 heterocycles. The molecule has 1 aromatic carbocycles. The number of benzene rings is 1. The molecule has 5 rings (SSSR count). The zero-order valence-corrected chi connectivity index (χ0v) is 17.9. The van der Waals surface area contributed by atoms with E-state index in [0.717, 1.165) is 65.7 Å². The molecule has 0 amide bonds. The van der Waals surface area contributed by atoms with E-state index >= 15 is 0 Å². The van der Waals surface area contributed by atoms with Crippen molar-refractivity contribution in [3.8, 4) is 11.4 Å². The van der Waals surface area contributed by atoms with Gasteiger partial charge in [-0.2, -0.15) is 5.10 Å². The smallest absolute Gasteiger partial charge is 0.160 e. The van der Waals surface area contributed by atoms with E-state index in [0.29, 0.717) is 6.61 Å². The number of aryl methyl sites for hydroxylation is 1. The molecule has 0 unspecified atom stereocenters. The third kappa shape index (κ3) is 3.79. The monoisotopic (exact) mass is 414 g/mol. The van der Waals surface area contributed by atoms with Gasteiger partial charge in [0.2, 0.25) is 0 Å². The van der Waals surface area contributed by atoms with Crippen LogP contribution < -0.4 is 14.5 Å². The second kappa shape index (κ2) is 8.26. The number of nitrogens with zero attached hydrogens (tertiary/aromatic N) is 6. The van der Waals surface area contributed by atoms with Crippen molar-refractivity contribution >= 4 is 22.4 Å². The summed E-state index contributed by atoms with van der Waals surface area (Å²) in [5.41, 5.74) is 2.03. The van der Waals surface area contributed by atoms with Gasteiger partial charge in [0.25, 0.3) is 0 Å². The topological polar surface area (TPSA) is 59.3 Å². The van der Waals surface area contributed by atoms with Crippen LogP contribution in [-0.2, 0) is 0 Å². The van der Waals surface area contributed by atoms with Crippen LogP contribution in [0.3, 0.4) is 0 Å². The quantitative estimate of drug-likeness (QED) is 0.494. The molecule has 3 aromatic heterocycles. The van der Waals surface area contributed by atoms with Gasteiger partial charge in [-0.25, -0.2) is 4.98 Å². The highest BCUT2D eigenvalue weighted by molar-refractivity contribution is 5.94. The Labute approximate surface area is 181 Å². The van der Waals surface area contributed by atoms with Crippen LogP contribution in [0.25, 0.3) is 16.5 Å². The molecule has 7 heteroatoms. The van der Waals surface area contributed by atoms with Crippen molar-refractivity contribution in [2.45, 2.75) is 13.8 Å². The van der Waals surface area contributed by atoms with Crippen molar-refractivity contribution in [1.82, 2.24) is 19.7 Å². The van der Waals surface area contributed by atoms with Gasteiger partial charge in [-0.05, 0) is 50.2 Å². The van der Waals surface area contributed by atoms with Crippen molar-refractivity contribution < 1.29 is 4.74 Å². The van der Waals surface area contributed by atoms with Gasteiger partial charge in [0.05, 0.1) is 12.3 Å². The van der Waals surface area contributed by atoms with E-state index in [1.807, 2.05) is 44.3 Å². The normalized spacial score (nSPS) is 14.3. The first-order valence-electron chi connectivity index (χ1n) is 10.7. The molecule has 1 fully saturated rings. The molecule has 0 N–H and O–H groups in total. The number of anilines is 2. The third-order valence-corrected chi connectivity index (χ3v) is 5.75. The number of rotatable bonds is 5. The fourth-order valence-corrected chi connectivity index (χ4v) is 4.10. The molecule has 0 radical (unpaired) electrons. The highest BCUT2D eigenvalue weighted by atomic mass is 16.5. The summed E-state index contributed by atoms with van der Waals surface area (Å²) < 4.78 is 7.71. The first-order chi connectivity index (χ1) is 15.2. The summed E-state index contributed by atoms with van der Waals surface area (Å²) in [6.45, 7) is 8.27. The predicted octanol–water partition coefficient (Wildman–Crippen LogP) is 3.85. The van der Waals surface area contributed by atoms with Crippen molar-refractivity contribution in [2.24, 2.45) is 0 Å². The molecule has 4 aromatic rings. The molecule has 1 saturated heterocycles. The van der Waals surface area contributed by atoms with Gasteiger partial charge in [0.15, 0.2) is 5.82 Å². The van der Waals surface area contributed by atoms with E-state index in [2.05, 4.69) is 60.1 Å². The number of hydrogen-bond acceptors (Lipinski definition) is 6. The Balaban J connectivity index is 1.41. The van der Waals surface area contributed by atoms with Gasteiger partial charge in [0, 0.05) is 61.2 Å². The molecule has 1 aliphatic rings. The maximum atomic E-state index is 5.57. The minimum Gasteiger partial charge on any atom is -0.494 e. The van der Waals surface area contributed by atoms with Gasteiger partial charge in [-0.15, -0.1) is 5.10 Å². The number of pyridine rings is 1. The van der Waals surface area contributed by atoms with Crippen LogP contribution in [0.1, 0.15) is 12.6 Å². The maximum absolute atomic E-state index is 5.57. The van der Waals surface area contributed by atoms with E-state index in [4.69, 9.17) is 4.74 Å². The molecule has 1 aliphatic heterocycles. The predicted molar refractivity (Wildman–Crippen MR) is 123 cm³/mol. The molecule has 0 aliphatic carbocycles. The van der Waals surface area contributed by atoms with E-state index in [1.54, 1.807) is 0 Å². The van der Waals surface area contributed by atoms with Gasteiger partial charge in [-0.3, -0.25) is 0 Å². The summed E-state index contributed by atoms with van der Waals surface area (Å²) in [7, 11) is 0. The lowest BCUT2D eigenvalue weighted by molar-refractivity contribution is 0.340. The van der Waals surface area contributed by atoms with Crippen LogP contribution in [0.15, 0.2) is 61.1 Å². The molecule has 31 heavy (non-hydrogen) atoms. The fraction of sp³-hybridized carbons (Fsp3) is 0.292. The van der Waals surface area contributed by atoms with E-state index < -0.39 is 0 Å². The van der Waals surface area contributed by atoms with Gasteiger partial charge >= 0.3 is 0 Å². The summed E-state index contributed by atoms with van der Waals surface area (Å²) in [6, 6.07) is 14.2. The second-order valence-electron chi connectivity index (χ2n) is 7.69. The average molecular weight is 415 g/mol. The standard InChI is InChI=1S/C24H26N6O/c1-3-31-20-9-7-19(8-10-20)30-16-21-18(2)26-27-24(22(21)17-30)29-14-12-28(13-15-29)23-6-4-5-11-25-23/h4-11,16-17H,3,12-15H2,1-2H3. The van der Waals surface area contributed by atoms with Crippen molar-refractivity contribution in [2.75, 3.05) is 42.6 Å². The Kier molecular flexibility index (Phi) is 5.16. The number of fused-ring (bicyclic) bond motifs is 1. The molecule has 0 atom stereocenters. The first kappa shape index (κ1) is 19.4. The number of ether oxygens (including phenoxy) is 1. The van der Waals surface area contributed by atoms with Crippen LogP contribution in [0.4, 0.5) is 11.6 Å². The van der Waals surface area contributed by atoms with Crippen LogP contribution in [0, 0.1) is 6.92 Å². The lowest BCUT2D eigenvalue weighted by Gasteiger charge is -2.36. The largest absolute Gasteiger partial charge is 0.494 e. The van der Waals surface area contributed by atoms with Crippen LogP contribution in [0.2, 0.25) is 0 Å². The maximum Gasteiger partial charge on any atom is 0.160 e. The molecular formula is C24H26N6O.